The number of nitrogens with one attached hydrogen (secondary N) is 1. The van der Waals surface area contributed by atoms with Crippen LogP contribution in [0.25, 0.3) is 12.2 Å². The minimum Gasteiger partial charge on any atom is -0.485 e. The van der Waals surface area contributed by atoms with Gasteiger partial charge in [-0.25, -0.2) is 4.98 Å². The maximum Gasteiger partial charge on any atom is 0.254 e. The third-order valence-electron chi connectivity index (χ3n) is 4.46. The number of H-pyrrole nitrogens is 1. The van der Waals surface area contributed by atoms with Crippen LogP contribution in [0.4, 0.5) is 0 Å². The van der Waals surface area contributed by atoms with Gasteiger partial charge in [0.2, 0.25) is 11.7 Å². The fraction of sp³-hybridized carbons (Fsp3) is 0.300. The molecule has 0 fully saturated rings. The summed E-state index contributed by atoms with van der Waals surface area (Å²) < 4.78 is 10.5. The predicted octanol–water partition coefficient (Wildman–Crippen LogP) is 3.09. The van der Waals surface area contributed by atoms with Crippen LogP contribution in [0, 0.1) is 6.92 Å². The second-order valence-corrected chi connectivity index (χ2v) is 6.50. The van der Waals surface area contributed by atoms with Crippen LogP contribution in [-0.4, -0.2) is 20.1 Å². The number of rotatable bonds is 5. The SMILES string of the molecule is Cc1nc(COc2ccc(/C=C/c3nc4c(c(=O)[nH]3)CCCC4)cc2)no1. The molecule has 2 aromatic heterocycles. The number of fused-ring (bicyclic) bond motifs is 1. The van der Waals surface area contributed by atoms with Crippen molar-refractivity contribution >= 4 is 12.2 Å². The average Bonchev–Trinajstić information content (AvgIpc) is 3.11. The van der Waals surface area contributed by atoms with Crippen LogP contribution in [0.2, 0.25) is 0 Å². The number of aryl methyl sites for hydroxylation is 2. The van der Waals surface area contributed by atoms with Gasteiger partial charge in [0.25, 0.3) is 5.56 Å². The van der Waals surface area contributed by atoms with Crippen LogP contribution >= 0.6 is 0 Å². The quantitative estimate of drug-likeness (QED) is 0.748. The molecule has 4 rings (SSSR count). The van der Waals surface area contributed by atoms with Crippen LogP contribution in [0.15, 0.2) is 33.6 Å². The molecule has 0 atom stereocenters. The van der Waals surface area contributed by atoms with Crippen LogP contribution in [0.1, 0.15) is 47.2 Å². The number of hydrogen-bond donors (Lipinski definition) is 1. The predicted molar refractivity (Wildman–Crippen MR) is 100 cm³/mol. The zero-order valence-corrected chi connectivity index (χ0v) is 15.1. The summed E-state index contributed by atoms with van der Waals surface area (Å²) in [5, 5.41) is 3.79. The monoisotopic (exact) mass is 364 g/mol. The van der Waals surface area contributed by atoms with Crippen molar-refractivity contribution in [2.24, 2.45) is 0 Å². The molecule has 0 bridgehead atoms. The highest BCUT2D eigenvalue weighted by Crippen LogP contribution is 2.17. The van der Waals surface area contributed by atoms with Crippen molar-refractivity contribution in [2.45, 2.75) is 39.2 Å². The van der Waals surface area contributed by atoms with E-state index in [9.17, 15) is 4.79 Å². The van der Waals surface area contributed by atoms with E-state index in [0.717, 1.165) is 48.3 Å². The number of nitrogens with zero attached hydrogens (tertiary/aromatic N) is 3. The smallest absolute Gasteiger partial charge is 0.254 e. The Morgan fingerprint density at radius 1 is 1.15 bits per heavy atom. The summed E-state index contributed by atoms with van der Waals surface area (Å²) in [5.41, 5.74) is 2.75. The summed E-state index contributed by atoms with van der Waals surface area (Å²) in [6, 6.07) is 7.61. The van der Waals surface area contributed by atoms with Gasteiger partial charge in [-0.05, 0) is 49.5 Å². The van der Waals surface area contributed by atoms with E-state index in [0.29, 0.717) is 17.5 Å². The number of aromatic nitrogens is 4. The molecule has 138 valence electrons. The molecule has 1 N–H and O–H groups in total. The zero-order chi connectivity index (χ0) is 18.6. The maximum absolute atomic E-state index is 12.2. The van der Waals surface area contributed by atoms with Gasteiger partial charge < -0.3 is 14.2 Å². The second kappa shape index (κ2) is 7.57. The number of hydrogen-bond acceptors (Lipinski definition) is 6. The van der Waals surface area contributed by atoms with Gasteiger partial charge in [-0.1, -0.05) is 23.4 Å². The Labute approximate surface area is 156 Å². The number of aromatic amines is 1. The fourth-order valence-electron chi connectivity index (χ4n) is 3.10. The molecule has 2 heterocycles. The van der Waals surface area contributed by atoms with Crippen molar-refractivity contribution in [1.29, 1.82) is 0 Å². The van der Waals surface area contributed by atoms with E-state index in [1.807, 2.05) is 36.4 Å². The molecule has 0 radical (unpaired) electrons. The van der Waals surface area contributed by atoms with Crippen molar-refractivity contribution in [3.8, 4) is 5.75 Å². The summed E-state index contributed by atoms with van der Waals surface area (Å²) in [6.07, 6.45) is 7.61. The Bertz CT molecular complexity index is 1020. The summed E-state index contributed by atoms with van der Waals surface area (Å²) >= 11 is 0. The van der Waals surface area contributed by atoms with Gasteiger partial charge >= 0.3 is 0 Å². The van der Waals surface area contributed by atoms with E-state index in [2.05, 4.69) is 20.1 Å². The highest BCUT2D eigenvalue weighted by Gasteiger charge is 2.14. The third-order valence-corrected chi connectivity index (χ3v) is 4.46. The molecule has 1 aromatic carbocycles. The molecular formula is C20H20N4O3. The first-order chi connectivity index (χ1) is 13.2. The average molecular weight is 364 g/mol. The minimum atomic E-state index is -0.0141. The van der Waals surface area contributed by atoms with E-state index in [-0.39, 0.29) is 12.2 Å². The van der Waals surface area contributed by atoms with Crippen molar-refractivity contribution < 1.29 is 9.26 Å². The van der Waals surface area contributed by atoms with Crippen molar-refractivity contribution in [3.05, 3.63) is 69.0 Å². The highest BCUT2D eigenvalue weighted by atomic mass is 16.5. The van der Waals surface area contributed by atoms with Crippen molar-refractivity contribution in [3.63, 3.8) is 0 Å². The molecule has 0 amide bonds. The Hall–Kier alpha value is -3.22. The third kappa shape index (κ3) is 4.13. The molecule has 0 saturated heterocycles. The standard InChI is InChI=1S/C20H20N4O3/c1-13-21-19(24-27-13)12-26-15-9-6-14(7-10-15)8-11-18-22-17-5-3-2-4-16(17)20(25)23-18/h6-11H,2-5,12H2,1H3,(H,22,23,25)/b11-8+. The fourth-order valence-corrected chi connectivity index (χ4v) is 3.10. The van der Waals surface area contributed by atoms with E-state index in [1.165, 1.54) is 0 Å². The minimum absolute atomic E-state index is 0.0141. The molecule has 0 unspecified atom stereocenters. The Morgan fingerprint density at radius 3 is 2.74 bits per heavy atom. The lowest BCUT2D eigenvalue weighted by Gasteiger charge is -2.13. The highest BCUT2D eigenvalue weighted by molar-refractivity contribution is 5.66. The summed E-state index contributed by atoms with van der Waals surface area (Å²) in [7, 11) is 0. The van der Waals surface area contributed by atoms with E-state index in [1.54, 1.807) is 6.92 Å². The number of benzene rings is 1. The molecule has 1 aliphatic carbocycles. The Balaban J connectivity index is 1.42. The van der Waals surface area contributed by atoms with E-state index < -0.39 is 0 Å². The first-order valence-electron chi connectivity index (χ1n) is 8.99. The molecule has 7 heteroatoms. The van der Waals surface area contributed by atoms with Crippen LogP contribution < -0.4 is 10.3 Å². The first kappa shape index (κ1) is 17.2. The molecule has 7 nitrogen and oxygen atoms in total. The van der Waals surface area contributed by atoms with E-state index >= 15 is 0 Å². The first-order valence-corrected chi connectivity index (χ1v) is 8.99. The van der Waals surface area contributed by atoms with E-state index in [4.69, 9.17) is 9.26 Å². The second-order valence-electron chi connectivity index (χ2n) is 6.50. The summed E-state index contributed by atoms with van der Waals surface area (Å²) in [5.74, 6) is 2.34. The van der Waals surface area contributed by atoms with Crippen molar-refractivity contribution in [1.82, 2.24) is 20.1 Å². The lowest BCUT2D eigenvalue weighted by atomic mass is 9.97. The molecular weight excluding hydrogens is 344 g/mol. The van der Waals surface area contributed by atoms with Gasteiger partial charge in [0, 0.05) is 12.5 Å². The molecule has 27 heavy (non-hydrogen) atoms. The van der Waals surface area contributed by atoms with Gasteiger partial charge in [0.15, 0.2) is 6.61 Å². The number of ether oxygens (including phenoxy) is 1. The molecule has 0 aliphatic heterocycles. The molecule has 1 aliphatic rings. The van der Waals surface area contributed by atoms with Gasteiger partial charge in [0.1, 0.15) is 11.6 Å². The maximum atomic E-state index is 12.2. The Kier molecular flexibility index (Phi) is 4.82. The summed E-state index contributed by atoms with van der Waals surface area (Å²) in [6.45, 7) is 2.00. The van der Waals surface area contributed by atoms with Gasteiger partial charge in [0.05, 0.1) is 5.69 Å². The summed E-state index contributed by atoms with van der Waals surface area (Å²) in [4.78, 5) is 23.7. The lowest BCUT2D eigenvalue weighted by molar-refractivity contribution is 0.285. The molecule has 0 saturated carbocycles. The Morgan fingerprint density at radius 2 is 1.96 bits per heavy atom. The van der Waals surface area contributed by atoms with Crippen molar-refractivity contribution in [2.75, 3.05) is 0 Å². The largest absolute Gasteiger partial charge is 0.485 e. The van der Waals surface area contributed by atoms with Crippen LogP contribution in [0.3, 0.4) is 0 Å². The topological polar surface area (TPSA) is 93.9 Å². The van der Waals surface area contributed by atoms with Gasteiger partial charge in [-0.3, -0.25) is 4.79 Å². The van der Waals surface area contributed by atoms with Gasteiger partial charge in [-0.15, -0.1) is 0 Å². The molecule has 3 aromatic rings. The van der Waals surface area contributed by atoms with Crippen LogP contribution in [0.5, 0.6) is 5.75 Å². The van der Waals surface area contributed by atoms with Gasteiger partial charge in [-0.2, -0.15) is 4.98 Å². The normalized spacial score (nSPS) is 13.7. The van der Waals surface area contributed by atoms with Crippen LogP contribution in [-0.2, 0) is 19.4 Å². The zero-order valence-electron chi connectivity index (χ0n) is 15.1. The molecule has 0 spiro atoms. The lowest BCUT2D eigenvalue weighted by Crippen LogP contribution is -2.21.